The molecule has 0 unspecified atom stereocenters. The SMILES string of the molecule is Cn1cnc([N+](=O)[O-])c1C[n+]1ccc(Nc2ncc3cc(-c4c(Cl)cccc4Cl)c(=O)n(C)c3n2)cc1.[Br-]. The van der Waals surface area contributed by atoms with Crippen molar-refractivity contribution < 1.29 is 26.5 Å². The summed E-state index contributed by atoms with van der Waals surface area (Å²) < 4.78 is 4.84. The van der Waals surface area contributed by atoms with Crippen LogP contribution < -0.4 is 32.4 Å². The maximum atomic E-state index is 13.1. The second kappa shape index (κ2) is 10.9. The van der Waals surface area contributed by atoms with Gasteiger partial charge in [-0.25, -0.2) is 4.98 Å². The van der Waals surface area contributed by atoms with Crippen LogP contribution in [0.3, 0.4) is 0 Å². The number of rotatable bonds is 6. The van der Waals surface area contributed by atoms with E-state index in [9.17, 15) is 14.9 Å². The summed E-state index contributed by atoms with van der Waals surface area (Å²) in [4.78, 5) is 36.6. The number of fused-ring (bicyclic) bond motifs is 1. The molecule has 5 rings (SSSR count). The molecule has 0 fully saturated rings. The van der Waals surface area contributed by atoms with Gasteiger partial charge in [-0.2, -0.15) is 9.55 Å². The summed E-state index contributed by atoms with van der Waals surface area (Å²) >= 11 is 12.7. The highest BCUT2D eigenvalue weighted by Gasteiger charge is 2.23. The predicted molar refractivity (Wildman–Crippen MR) is 139 cm³/mol. The Morgan fingerprint density at radius 1 is 1.11 bits per heavy atom. The van der Waals surface area contributed by atoms with Crippen LogP contribution in [0, 0.1) is 10.1 Å². The molecule has 0 aliphatic carbocycles. The molecule has 11 nitrogen and oxygen atoms in total. The number of benzene rings is 1. The zero-order chi connectivity index (χ0) is 26.3. The molecule has 0 aliphatic rings. The Hall–Kier alpha value is -3.87. The van der Waals surface area contributed by atoms with Crippen molar-refractivity contribution in [3.63, 3.8) is 0 Å². The molecule has 0 aliphatic heterocycles. The number of imidazole rings is 1. The summed E-state index contributed by atoms with van der Waals surface area (Å²) in [5.41, 5.74) is 2.13. The van der Waals surface area contributed by atoms with Gasteiger partial charge in [0.2, 0.25) is 12.3 Å². The highest BCUT2D eigenvalue weighted by Crippen LogP contribution is 2.33. The van der Waals surface area contributed by atoms with Crippen molar-refractivity contribution in [1.82, 2.24) is 24.1 Å². The molecule has 0 saturated carbocycles. The topological polar surface area (TPSA) is 125 Å². The summed E-state index contributed by atoms with van der Waals surface area (Å²) in [6.45, 7) is 0.277. The van der Waals surface area contributed by atoms with Crippen LogP contribution in [0.2, 0.25) is 10.0 Å². The molecule has 4 aromatic heterocycles. The average molecular weight is 618 g/mol. The smallest absolute Gasteiger partial charge is 0.391 e. The van der Waals surface area contributed by atoms with Crippen molar-refractivity contribution in [2.45, 2.75) is 6.54 Å². The Balaban J connectivity index is 0.00000336. The van der Waals surface area contributed by atoms with Crippen molar-refractivity contribution in [2.24, 2.45) is 14.1 Å². The zero-order valence-electron chi connectivity index (χ0n) is 20.0. The van der Waals surface area contributed by atoms with Gasteiger partial charge in [0.05, 0.1) is 21.3 Å². The highest BCUT2D eigenvalue weighted by atomic mass is 79.9. The van der Waals surface area contributed by atoms with Crippen LogP contribution in [0.25, 0.3) is 22.2 Å². The van der Waals surface area contributed by atoms with Crippen molar-refractivity contribution >= 4 is 51.7 Å². The van der Waals surface area contributed by atoms with Gasteiger partial charge in [-0.05, 0) is 28.1 Å². The minimum absolute atomic E-state index is 0. The van der Waals surface area contributed by atoms with Gasteiger partial charge in [-0.1, -0.05) is 29.3 Å². The molecule has 0 saturated heterocycles. The first-order chi connectivity index (χ1) is 17.7. The van der Waals surface area contributed by atoms with Crippen molar-refractivity contribution in [3.05, 3.63) is 97.5 Å². The first kappa shape index (κ1) is 27.2. The molecule has 1 aromatic carbocycles. The van der Waals surface area contributed by atoms with E-state index in [1.807, 2.05) is 0 Å². The fourth-order valence-electron chi connectivity index (χ4n) is 3.97. The summed E-state index contributed by atoms with van der Waals surface area (Å²) in [5.74, 6) is 0.124. The molecule has 4 heterocycles. The molecule has 0 amide bonds. The average Bonchev–Trinajstić information content (AvgIpc) is 3.23. The minimum atomic E-state index is -0.498. The molecule has 5 aromatic rings. The molecule has 14 heteroatoms. The standard InChI is InChI=1S/C24H18Cl2N8O3.BrH/c1-31-13-28-22(34(36)37)19(31)12-33-8-6-15(7-9-33)29-24-27-11-14-10-16(23(35)32(2)21(14)30-24)20-17(25)4-3-5-18(20)26;/h3-11,13H,12H2,1-2H3;1H. The molecule has 38 heavy (non-hydrogen) atoms. The summed E-state index contributed by atoms with van der Waals surface area (Å²) in [6, 6.07) is 10.3. The highest BCUT2D eigenvalue weighted by molar-refractivity contribution is 6.39. The van der Waals surface area contributed by atoms with Crippen molar-refractivity contribution in [3.8, 4) is 11.1 Å². The number of hydrogen-bond acceptors (Lipinski definition) is 7. The van der Waals surface area contributed by atoms with E-state index in [1.165, 1.54) is 10.9 Å². The van der Waals surface area contributed by atoms with Crippen LogP contribution in [-0.2, 0) is 20.6 Å². The lowest BCUT2D eigenvalue weighted by atomic mass is 10.1. The first-order valence-corrected chi connectivity index (χ1v) is 11.7. The molecule has 0 spiro atoms. The zero-order valence-corrected chi connectivity index (χ0v) is 23.1. The molecule has 194 valence electrons. The van der Waals surface area contributed by atoms with Gasteiger partial charge in [0, 0.05) is 43.4 Å². The molecule has 0 radical (unpaired) electrons. The quantitative estimate of drug-likeness (QED) is 0.171. The van der Waals surface area contributed by atoms with E-state index < -0.39 is 4.92 Å². The largest absolute Gasteiger partial charge is 1.00 e. The van der Waals surface area contributed by atoms with E-state index in [0.717, 1.165) is 0 Å². The Labute approximate surface area is 236 Å². The molecular formula is C24H19BrCl2N8O3. The van der Waals surface area contributed by atoms with Gasteiger partial charge in [0.1, 0.15) is 5.65 Å². The molecular weight excluding hydrogens is 599 g/mol. The maximum absolute atomic E-state index is 13.1. The maximum Gasteiger partial charge on any atom is 0.391 e. The second-order valence-corrected chi connectivity index (χ2v) is 9.07. The number of anilines is 2. The lowest BCUT2D eigenvalue weighted by Crippen LogP contribution is -3.00. The normalized spacial score (nSPS) is 10.8. The molecule has 0 bridgehead atoms. The van der Waals surface area contributed by atoms with Crippen LogP contribution in [-0.4, -0.2) is 29.0 Å². The van der Waals surface area contributed by atoms with Gasteiger partial charge in [0.15, 0.2) is 24.6 Å². The first-order valence-electron chi connectivity index (χ1n) is 10.9. The molecule has 1 N–H and O–H groups in total. The third kappa shape index (κ3) is 5.10. The number of aromatic nitrogens is 6. The number of hydrogen-bond donors (Lipinski definition) is 1. The van der Waals surface area contributed by atoms with Gasteiger partial charge in [0.25, 0.3) is 5.56 Å². The lowest BCUT2D eigenvalue weighted by Gasteiger charge is -2.12. The van der Waals surface area contributed by atoms with E-state index in [4.69, 9.17) is 23.2 Å². The van der Waals surface area contributed by atoms with Gasteiger partial charge < -0.3 is 37.0 Å². The summed E-state index contributed by atoms with van der Waals surface area (Å²) in [6.07, 6.45) is 6.58. The number of pyridine rings is 2. The second-order valence-electron chi connectivity index (χ2n) is 8.26. The summed E-state index contributed by atoms with van der Waals surface area (Å²) in [5, 5.41) is 15.7. The number of nitrogens with zero attached hydrogens (tertiary/aromatic N) is 7. The van der Waals surface area contributed by atoms with Crippen LogP contribution in [0.1, 0.15) is 5.69 Å². The van der Waals surface area contributed by atoms with Crippen molar-refractivity contribution in [2.75, 3.05) is 5.32 Å². The molecule has 0 atom stereocenters. The van der Waals surface area contributed by atoms with Gasteiger partial charge in [-0.3, -0.25) is 9.36 Å². The number of nitrogens with one attached hydrogen (secondary N) is 1. The predicted octanol–water partition coefficient (Wildman–Crippen LogP) is 1.03. The minimum Gasteiger partial charge on any atom is -1.00 e. The number of nitro groups is 1. The van der Waals surface area contributed by atoms with E-state index in [0.29, 0.717) is 49.5 Å². The Morgan fingerprint density at radius 2 is 1.79 bits per heavy atom. The summed E-state index contributed by atoms with van der Waals surface area (Å²) in [7, 11) is 3.33. The van der Waals surface area contributed by atoms with E-state index in [-0.39, 0.29) is 34.9 Å². The van der Waals surface area contributed by atoms with Crippen molar-refractivity contribution in [1.29, 1.82) is 0 Å². The number of halogens is 3. The Kier molecular flexibility index (Phi) is 7.76. The van der Waals surface area contributed by atoms with E-state index >= 15 is 0 Å². The van der Waals surface area contributed by atoms with Gasteiger partial charge in [-0.15, -0.1) is 0 Å². The Bertz CT molecular complexity index is 1720. The van der Waals surface area contributed by atoms with E-state index in [2.05, 4.69) is 20.3 Å². The number of aryl methyl sites for hydroxylation is 2. The monoisotopic (exact) mass is 616 g/mol. The van der Waals surface area contributed by atoms with Gasteiger partial charge >= 0.3 is 5.82 Å². The van der Waals surface area contributed by atoms with E-state index in [1.54, 1.807) is 78.2 Å². The Morgan fingerprint density at radius 3 is 2.45 bits per heavy atom. The fourth-order valence-corrected chi connectivity index (χ4v) is 4.57. The fraction of sp³-hybridized carbons (Fsp3) is 0.125. The van der Waals surface area contributed by atoms with Crippen LogP contribution in [0.4, 0.5) is 17.5 Å². The lowest BCUT2D eigenvalue weighted by molar-refractivity contribution is -0.689. The van der Waals surface area contributed by atoms with Crippen LogP contribution >= 0.6 is 23.2 Å². The van der Waals surface area contributed by atoms with Crippen LogP contribution in [0.15, 0.2) is 66.1 Å². The third-order valence-electron chi connectivity index (χ3n) is 5.87. The van der Waals surface area contributed by atoms with Crippen LogP contribution in [0.5, 0.6) is 0 Å². The third-order valence-corrected chi connectivity index (χ3v) is 6.50.